The first-order chi connectivity index (χ1) is 11.1. The van der Waals surface area contributed by atoms with Crippen LogP contribution in [0.5, 0.6) is 0 Å². The Balaban J connectivity index is -0.000000252. The lowest BCUT2D eigenvalue weighted by Crippen LogP contribution is -1.92. The van der Waals surface area contributed by atoms with Gasteiger partial charge in [0.05, 0.1) is 0 Å². The number of carbonyl (C=O) groups is 2. The van der Waals surface area contributed by atoms with E-state index in [-0.39, 0.29) is 5.57 Å². The Bertz CT molecular complexity index is 524. The highest BCUT2D eigenvalue weighted by Crippen LogP contribution is 1.97. The molecule has 0 aliphatic carbocycles. The highest BCUT2D eigenvalue weighted by Gasteiger charge is 1.90. The van der Waals surface area contributed by atoms with Crippen molar-refractivity contribution in [1.29, 1.82) is 0 Å². The molecular weight excluding hydrogens is 304 g/mol. The standard InChI is InChI=1S/C8H8.C5H8.C4H6O2.C3H4O2/c1-2-8-6-4-3-5-7-8;1-4-5(2)3;1-3(2)4(5)6;1-2-3(4)5/h2-7H,1H2;4H,1-2H2,3H3;1H2,2H3,(H,5,6);2H,1H2,(H,4,5). The molecule has 0 heterocycles. The number of allylic oxidation sites excluding steroid dienone is 2. The van der Waals surface area contributed by atoms with Crippen LogP contribution in [0, 0.1) is 0 Å². The summed E-state index contributed by atoms with van der Waals surface area (Å²) in [6.07, 6.45) is 4.39. The molecule has 0 radical (unpaired) electrons. The van der Waals surface area contributed by atoms with Crippen LogP contribution < -0.4 is 0 Å². The van der Waals surface area contributed by atoms with Gasteiger partial charge >= 0.3 is 11.9 Å². The lowest BCUT2D eigenvalue weighted by atomic mass is 10.2. The van der Waals surface area contributed by atoms with E-state index in [1.165, 1.54) is 12.5 Å². The maximum Gasteiger partial charge on any atom is 0.330 e. The highest BCUT2D eigenvalue weighted by molar-refractivity contribution is 5.84. The molecule has 2 N–H and O–H groups in total. The zero-order chi connectivity index (χ0) is 19.5. The van der Waals surface area contributed by atoms with Crippen LogP contribution in [-0.4, -0.2) is 22.2 Å². The molecule has 1 aromatic carbocycles. The van der Waals surface area contributed by atoms with Gasteiger partial charge in [-0.25, -0.2) is 9.59 Å². The predicted molar refractivity (Wildman–Crippen MR) is 102 cm³/mol. The Morgan fingerprint density at radius 3 is 1.38 bits per heavy atom. The van der Waals surface area contributed by atoms with Gasteiger partial charge in [-0.3, -0.25) is 0 Å². The first-order valence-corrected chi connectivity index (χ1v) is 6.81. The smallest absolute Gasteiger partial charge is 0.330 e. The largest absolute Gasteiger partial charge is 0.478 e. The van der Waals surface area contributed by atoms with E-state index in [0.29, 0.717) is 0 Å². The van der Waals surface area contributed by atoms with Crippen molar-refractivity contribution >= 4 is 18.0 Å². The van der Waals surface area contributed by atoms with Gasteiger partial charge in [-0.15, -0.1) is 0 Å². The molecule has 1 rings (SSSR count). The molecule has 1 aromatic rings. The van der Waals surface area contributed by atoms with Crippen molar-refractivity contribution in [2.75, 3.05) is 0 Å². The minimum atomic E-state index is -0.981. The summed E-state index contributed by atoms with van der Waals surface area (Å²) in [5, 5.41) is 15.5. The first-order valence-electron chi connectivity index (χ1n) is 6.81. The van der Waals surface area contributed by atoms with Crippen molar-refractivity contribution in [3.8, 4) is 0 Å². The zero-order valence-electron chi connectivity index (χ0n) is 14.4. The summed E-state index contributed by atoms with van der Waals surface area (Å²) in [7, 11) is 0. The number of carboxylic acids is 2. The van der Waals surface area contributed by atoms with Crippen LogP contribution in [0.2, 0.25) is 0 Å². The molecule has 0 saturated heterocycles. The summed E-state index contributed by atoms with van der Waals surface area (Å²) in [5.41, 5.74) is 2.37. The van der Waals surface area contributed by atoms with E-state index < -0.39 is 11.9 Å². The van der Waals surface area contributed by atoms with E-state index >= 15 is 0 Å². The van der Waals surface area contributed by atoms with Crippen LogP contribution in [-0.2, 0) is 9.59 Å². The summed E-state index contributed by atoms with van der Waals surface area (Å²) in [4.78, 5) is 18.8. The van der Waals surface area contributed by atoms with E-state index in [1.54, 1.807) is 6.08 Å². The van der Waals surface area contributed by atoms with Crippen LogP contribution in [0.15, 0.2) is 86.5 Å². The molecule has 24 heavy (non-hydrogen) atoms. The van der Waals surface area contributed by atoms with Crippen molar-refractivity contribution in [2.24, 2.45) is 0 Å². The Morgan fingerprint density at radius 2 is 1.25 bits per heavy atom. The average molecular weight is 330 g/mol. The summed E-state index contributed by atoms with van der Waals surface area (Å²) < 4.78 is 0. The third-order valence-corrected chi connectivity index (χ3v) is 1.92. The number of aliphatic carboxylic acids is 2. The zero-order valence-corrected chi connectivity index (χ0v) is 14.4. The molecular formula is C20H26O4. The van der Waals surface area contributed by atoms with Crippen molar-refractivity contribution in [3.05, 3.63) is 92.1 Å². The maximum absolute atomic E-state index is 9.60. The van der Waals surface area contributed by atoms with E-state index in [2.05, 4.69) is 32.9 Å². The highest BCUT2D eigenvalue weighted by atomic mass is 16.4. The molecule has 0 bridgehead atoms. The summed E-state index contributed by atoms with van der Waals surface area (Å²) >= 11 is 0. The Hall–Kier alpha value is -3.14. The maximum atomic E-state index is 9.60. The SMILES string of the molecule is C=C(C)C(=O)O.C=CC(=C)C.C=CC(=O)O.C=Cc1ccccc1. The fraction of sp³-hybridized carbons (Fsp3) is 0.100. The Labute approximate surface area is 144 Å². The van der Waals surface area contributed by atoms with Crippen molar-refractivity contribution < 1.29 is 19.8 Å². The van der Waals surface area contributed by atoms with E-state index in [9.17, 15) is 9.59 Å². The molecule has 0 aromatic heterocycles. The lowest BCUT2D eigenvalue weighted by Gasteiger charge is -1.85. The van der Waals surface area contributed by atoms with Crippen LogP contribution in [0.3, 0.4) is 0 Å². The van der Waals surface area contributed by atoms with E-state index in [1.807, 2.05) is 43.3 Å². The quantitative estimate of drug-likeness (QED) is 0.603. The molecule has 130 valence electrons. The van der Waals surface area contributed by atoms with E-state index in [4.69, 9.17) is 10.2 Å². The van der Waals surface area contributed by atoms with Gasteiger partial charge in [-0.1, -0.05) is 81.0 Å². The number of benzene rings is 1. The molecule has 0 aliphatic heterocycles. The van der Waals surface area contributed by atoms with Gasteiger partial charge < -0.3 is 10.2 Å². The second-order valence-corrected chi connectivity index (χ2v) is 4.29. The number of carboxylic acid groups (broad SMARTS) is 2. The molecule has 0 aliphatic rings. The van der Waals surface area contributed by atoms with Gasteiger partial charge in [0.1, 0.15) is 0 Å². The summed E-state index contributed by atoms with van der Waals surface area (Å²) in [6, 6.07) is 10.0. The second kappa shape index (κ2) is 17.9. The molecule has 0 saturated carbocycles. The molecule has 0 unspecified atom stereocenters. The van der Waals surface area contributed by atoms with Gasteiger partial charge in [0.2, 0.25) is 0 Å². The fourth-order valence-electron chi connectivity index (χ4n) is 0.589. The van der Waals surface area contributed by atoms with Crippen LogP contribution in [0.4, 0.5) is 0 Å². The van der Waals surface area contributed by atoms with Gasteiger partial charge in [0.15, 0.2) is 0 Å². The van der Waals surface area contributed by atoms with Crippen molar-refractivity contribution in [2.45, 2.75) is 13.8 Å². The average Bonchev–Trinajstić information content (AvgIpc) is 2.57. The van der Waals surface area contributed by atoms with Crippen LogP contribution >= 0.6 is 0 Å². The summed E-state index contributed by atoms with van der Waals surface area (Å²) in [5.74, 6) is -1.92. The minimum absolute atomic E-state index is 0.176. The van der Waals surface area contributed by atoms with Crippen molar-refractivity contribution in [1.82, 2.24) is 0 Å². The lowest BCUT2D eigenvalue weighted by molar-refractivity contribution is -0.133. The van der Waals surface area contributed by atoms with Crippen LogP contribution in [0.25, 0.3) is 6.08 Å². The Kier molecular flexibility index (Phi) is 19.2. The van der Waals surface area contributed by atoms with Gasteiger partial charge in [0.25, 0.3) is 0 Å². The van der Waals surface area contributed by atoms with E-state index in [0.717, 1.165) is 11.6 Å². The first kappa shape index (κ1) is 25.8. The van der Waals surface area contributed by atoms with Crippen LogP contribution in [0.1, 0.15) is 19.4 Å². The molecule has 4 heteroatoms. The van der Waals surface area contributed by atoms with Crippen molar-refractivity contribution in [3.63, 3.8) is 0 Å². The monoisotopic (exact) mass is 330 g/mol. The minimum Gasteiger partial charge on any atom is -0.478 e. The van der Waals surface area contributed by atoms with Gasteiger partial charge in [0, 0.05) is 11.6 Å². The number of rotatable bonds is 4. The number of hydrogen-bond donors (Lipinski definition) is 2. The number of hydrogen-bond acceptors (Lipinski definition) is 2. The summed E-state index contributed by atoms with van der Waals surface area (Å²) in [6.45, 7) is 20.1. The van der Waals surface area contributed by atoms with Gasteiger partial charge in [-0.2, -0.15) is 0 Å². The fourth-order valence-corrected chi connectivity index (χ4v) is 0.589. The third-order valence-electron chi connectivity index (χ3n) is 1.92. The molecule has 0 amide bonds. The topological polar surface area (TPSA) is 74.6 Å². The molecule has 0 fully saturated rings. The third kappa shape index (κ3) is 27.2. The molecule has 0 atom stereocenters. The second-order valence-electron chi connectivity index (χ2n) is 4.29. The predicted octanol–water partition coefficient (Wildman–Crippen LogP) is 4.98. The van der Waals surface area contributed by atoms with Gasteiger partial charge in [-0.05, 0) is 19.4 Å². The molecule has 0 spiro atoms. The molecule has 4 nitrogen and oxygen atoms in total. The normalized spacial score (nSPS) is 7.42. The Morgan fingerprint density at radius 1 is 0.917 bits per heavy atom.